The Balaban J connectivity index is 1.61. The van der Waals surface area contributed by atoms with E-state index in [1.165, 1.54) is 0 Å². The van der Waals surface area contributed by atoms with Crippen LogP contribution >= 0.6 is 0 Å². The van der Waals surface area contributed by atoms with Crippen LogP contribution < -0.4 is 14.8 Å². The Morgan fingerprint density at radius 3 is 3.00 bits per heavy atom. The summed E-state index contributed by atoms with van der Waals surface area (Å²) in [6.45, 7) is 4.93. The molecule has 3 rings (SSSR count). The van der Waals surface area contributed by atoms with E-state index in [9.17, 15) is 4.79 Å². The zero-order valence-corrected chi connectivity index (χ0v) is 14.4. The standard InChI is InChI=1S/C19H22N2O4/c1-12(7-13(2)21-19(22)23)10-24-15-3-4-16-14(8-15)11-25-18-9-20-6-5-17(16)18/h3-6,8-9,12-13,21H,7,10-11H2,1-2H3,(H,22,23)/t12-,13?/m0/s1. The highest BCUT2D eigenvalue weighted by atomic mass is 16.5. The third kappa shape index (κ3) is 4.21. The molecule has 0 saturated heterocycles. The Labute approximate surface area is 146 Å². The van der Waals surface area contributed by atoms with Crippen molar-refractivity contribution in [2.75, 3.05) is 6.61 Å². The number of carbonyl (C=O) groups is 1. The molecule has 2 aromatic rings. The molecule has 2 N–H and O–H groups in total. The lowest BCUT2D eigenvalue weighted by molar-refractivity contribution is 0.185. The highest BCUT2D eigenvalue weighted by Gasteiger charge is 2.18. The van der Waals surface area contributed by atoms with Crippen LogP contribution in [0.25, 0.3) is 11.1 Å². The minimum absolute atomic E-state index is 0.0989. The molecule has 0 spiro atoms. The van der Waals surface area contributed by atoms with E-state index in [4.69, 9.17) is 14.6 Å². The number of pyridine rings is 1. The average molecular weight is 342 g/mol. The molecule has 0 saturated carbocycles. The zero-order chi connectivity index (χ0) is 17.8. The molecule has 0 bridgehead atoms. The summed E-state index contributed by atoms with van der Waals surface area (Å²) in [4.78, 5) is 14.7. The number of carboxylic acid groups (broad SMARTS) is 1. The number of hydrogen-bond acceptors (Lipinski definition) is 4. The lowest BCUT2D eigenvalue weighted by Gasteiger charge is -2.22. The van der Waals surface area contributed by atoms with Gasteiger partial charge < -0.3 is 19.9 Å². The highest BCUT2D eigenvalue weighted by Crippen LogP contribution is 2.38. The number of hydrogen-bond donors (Lipinski definition) is 2. The SMILES string of the molecule is CC(C[C@H](C)COc1ccc2c(c1)COc1cnccc1-2)NC(=O)O. The van der Waals surface area contributed by atoms with Crippen molar-refractivity contribution >= 4 is 6.09 Å². The number of ether oxygens (including phenoxy) is 2. The van der Waals surface area contributed by atoms with Crippen LogP contribution in [0, 0.1) is 5.92 Å². The van der Waals surface area contributed by atoms with Crippen LogP contribution in [0.5, 0.6) is 11.5 Å². The average Bonchev–Trinajstić information content (AvgIpc) is 2.58. The Kier molecular flexibility index (Phi) is 5.07. The molecule has 132 valence electrons. The van der Waals surface area contributed by atoms with Crippen molar-refractivity contribution in [3.05, 3.63) is 42.2 Å². The van der Waals surface area contributed by atoms with E-state index >= 15 is 0 Å². The molecule has 0 radical (unpaired) electrons. The molecule has 25 heavy (non-hydrogen) atoms. The fourth-order valence-corrected chi connectivity index (χ4v) is 3.09. The number of nitrogens with zero attached hydrogens (tertiary/aromatic N) is 1. The smallest absolute Gasteiger partial charge is 0.404 e. The molecule has 1 amide bonds. The van der Waals surface area contributed by atoms with E-state index in [0.29, 0.717) is 13.2 Å². The summed E-state index contributed by atoms with van der Waals surface area (Å²) in [7, 11) is 0. The number of fused-ring (bicyclic) bond motifs is 3. The van der Waals surface area contributed by atoms with Gasteiger partial charge >= 0.3 is 6.09 Å². The highest BCUT2D eigenvalue weighted by molar-refractivity contribution is 5.75. The van der Waals surface area contributed by atoms with Gasteiger partial charge in [-0.1, -0.05) is 13.0 Å². The first-order chi connectivity index (χ1) is 12.0. The van der Waals surface area contributed by atoms with E-state index in [1.807, 2.05) is 38.1 Å². The Morgan fingerprint density at radius 1 is 1.36 bits per heavy atom. The predicted molar refractivity (Wildman–Crippen MR) is 93.9 cm³/mol. The summed E-state index contributed by atoms with van der Waals surface area (Å²) in [5, 5.41) is 11.2. The van der Waals surface area contributed by atoms with Crippen LogP contribution in [-0.4, -0.2) is 28.8 Å². The van der Waals surface area contributed by atoms with Gasteiger partial charge in [0.2, 0.25) is 0 Å². The molecule has 6 heteroatoms. The summed E-state index contributed by atoms with van der Waals surface area (Å²) in [6, 6.07) is 7.86. The Hall–Kier alpha value is -2.76. The van der Waals surface area contributed by atoms with Crippen LogP contribution in [-0.2, 0) is 6.61 Å². The summed E-state index contributed by atoms with van der Waals surface area (Å²) >= 11 is 0. The lowest BCUT2D eigenvalue weighted by Crippen LogP contribution is -2.33. The molecular formula is C19H22N2O4. The lowest BCUT2D eigenvalue weighted by atomic mass is 9.98. The molecule has 1 aromatic carbocycles. The van der Waals surface area contributed by atoms with Crippen molar-refractivity contribution in [1.82, 2.24) is 10.3 Å². The number of rotatable bonds is 6. The van der Waals surface area contributed by atoms with Gasteiger partial charge in [-0.05, 0) is 43.0 Å². The predicted octanol–water partition coefficient (Wildman–Crippen LogP) is 3.70. The second kappa shape index (κ2) is 7.42. The normalized spacial score (nSPS) is 14.5. The van der Waals surface area contributed by atoms with Crippen molar-refractivity contribution in [1.29, 1.82) is 0 Å². The number of aromatic nitrogens is 1. The molecule has 1 aliphatic rings. The Morgan fingerprint density at radius 2 is 2.20 bits per heavy atom. The van der Waals surface area contributed by atoms with Gasteiger partial charge in [0.1, 0.15) is 18.1 Å². The second-order valence-electron chi connectivity index (χ2n) is 6.48. The topological polar surface area (TPSA) is 80.7 Å². The van der Waals surface area contributed by atoms with Gasteiger partial charge in [0.15, 0.2) is 0 Å². The minimum atomic E-state index is -0.995. The number of benzene rings is 1. The largest absolute Gasteiger partial charge is 0.493 e. The molecule has 1 aromatic heterocycles. The first-order valence-corrected chi connectivity index (χ1v) is 8.35. The van der Waals surface area contributed by atoms with Gasteiger partial charge in [0, 0.05) is 23.4 Å². The van der Waals surface area contributed by atoms with Crippen molar-refractivity contribution in [2.24, 2.45) is 5.92 Å². The van der Waals surface area contributed by atoms with Crippen LogP contribution in [0.3, 0.4) is 0 Å². The van der Waals surface area contributed by atoms with Gasteiger partial charge in [-0.15, -0.1) is 0 Å². The monoisotopic (exact) mass is 342 g/mol. The van der Waals surface area contributed by atoms with Gasteiger partial charge in [-0.3, -0.25) is 4.98 Å². The summed E-state index contributed by atoms with van der Waals surface area (Å²) in [5.41, 5.74) is 3.28. The summed E-state index contributed by atoms with van der Waals surface area (Å²) < 4.78 is 11.6. The van der Waals surface area contributed by atoms with E-state index in [1.54, 1.807) is 12.4 Å². The maximum absolute atomic E-state index is 10.6. The molecular weight excluding hydrogens is 320 g/mol. The van der Waals surface area contributed by atoms with Crippen molar-refractivity contribution in [3.8, 4) is 22.6 Å². The van der Waals surface area contributed by atoms with E-state index < -0.39 is 6.09 Å². The third-order valence-corrected chi connectivity index (χ3v) is 4.19. The molecule has 0 fully saturated rings. The van der Waals surface area contributed by atoms with Gasteiger partial charge in [0.05, 0.1) is 12.8 Å². The van der Waals surface area contributed by atoms with Crippen LogP contribution in [0.2, 0.25) is 0 Å². The maximum atomic E-state index is 10.6. The minimum Gasteiger partial charge on any atom is -0.493 e. The number of nitrogens with one attached hydrogen (secondary N) is 1. The Bertz CT molecular complexity index is 763. The first kappa shape index (κ1) is 17.1. The summed E-state index contributed by atoms with van der Waals surface area (Å²) in [6.07, 6.45) is 3.22. The number of amides is 1. The van der Waals surface area contributed by atoms with Crippen molar-refractivity contribution < 1.29 is 19.4 Å². The first-order valence-electron chi connectivity index (χ1n) is 8.35. The maximum Gasteiger partial charge on any atom is 0.404 e. The fourth-order valence-electron chi connectivity index (χ4n) is 3.09. The van der Waals surface area contributed by atoms with Gasteiger partial charge in [-0.2, -0.15) is 0 Å². The quantitative estimate of drug-likeness (QED) is 0.836. The van der Waals surface area contributed by atoms with Crippen LogP contribution in [0.4, 0.5) is 4.79 Å². The second-order valence-corrected chi connectivity index (χ2v) is 6.48. The van der Waals surface area contributed by atoms with Crippen LogP contribution in [0.1, 0.15) is 25.8 Å². The molecule has 1 unspecified atom stereocenters. The zero-order valence-electron chi connectivity index (χ0n) is 14.4. The van der Waals surface area contributed by atoms with Crippen molar-refractivity contribution in [2.45, 2.75) is 32.9 Å². The fraction of sp³-hybridized carbons (Fsp3) is 0.368. The van der Waals surface area contributed by atoms with Crippen LogP contribution in [0.15, 0.2) is 36.7 Å². The molecule has 2 heterocycles. The molecule has 6 nitrogen and oxygen atoms in total. The third-order valence-electron chi connectivity index (χ3n) is 4.19. The summed E-state index contributed by atoms with van der Waals surface area (Å²) in [5.74, 6) is 1.84. The van der Waals surface area contributed by atoms with Gasteiger partial charge in [0.25, 0.3) is 0 Å². The van der Waals surface area contributed by atoms with Crippen molar-refractivity contribution in [3.63, 3.8) is 0 Å². The molecule has 2 atom stereocenters. The van der Waals surface area contributed by atoms with E-state index in [-0.39, 0.29) is 12.0 Å². The molecule has 1 aliphatic heterocycles. The van der Waals surface area contributed by atoms with Gasteiger partial charge in [-0.25, -0.2) is 4.79 Å². The van der Waals surface area contributed by atoms with E-state index in [0.717, 1.165) is 34.6 Å². The van der Waals surface area contributed by atoms with E-state index in [2.05, 4.69) is 10.3 Å². The molecule has 0 aliphatic carbocycles.